The number of nitrogens with two attached hydrogens (primary N) is 1. The first-order chi connectivity index (χ1) is 14.0. The number of nitrogens with zero attached hydrogens (tertiary/aromatic N) is 3. The molecule has 0 unspecified atom stereocenters. The second-order valence-corrected chi connectivity index (χ2v) is 9.01. The standard InChI is InChI=1S/C21H19FN4O2S/c22-15-11-19-21(24-13-25(19)12-15)20(23)18-10-14-6-4-5-9-17(14)26(18)29(27,28)16-7-2-1-3-8-16/h1-10,13,15,20H,11-12,23H2/t15-,20+/m1/s1. The zero-order chi connectivity index (χ0) is 20.2. The van der Waals surface area contributed by atoms with Crippen molar-refractivity contribution in [2.75, 3.05) is 0 Å². The molecule has 0 aliphatic carbocycles. The maximum absolute atomic E-state index is 13.9. The minimum atomic E-state index is -3.89. The molecule has 2 aromatic heterocycles. The van der Waals surface area contributed by atoms with E-state index >= 15 is 0 Å². The van der Waals surface area contributed by atoms with Gasteiger partial charge in [-0.1, -0.05) is 36.4 Å². The fraction of sp³-hybridized carbons (Fsp3) is 0.190. The molecule has 0 spiro atoms. The molecule has 0 saturated carbocycles. The van der Waals surface area contributed by atoms with Crippen LogP contribution in [0.3, 0.4) is 0 Å². The largest absolute Gasteiger partial charge is 0.331 e. The van der Waals surface area contributed by atoms with E-state index in [1.807, 2.05) is 12.1 Å². The third kappa shape index (κ3) is 2.79. The Labute approximate surface area is 167 Å². The fourth-order valence-electron chi connectivity index (χ4n) is 4.02. The van der Waals surface area contributed by atoms with Gasteiger partial charge in [-0.25, -0.2) is 21.8 Å². The molecule has 8 heteroatoms. The topological polar surface area (TPSA) is 82.9 Å². The molecule has 148 valence electrons. The van der Waals surface area contributed by atoms with Crippen molar-refractivity contribution in [1.82, 2.24) is 13.5 Å². The van der Waals surface area contributed by atoms with Gasteiger partial charge < -0.3 is 10.3 Å². The van der Waals surface area contributed by atoms with Crippen molar-refractivity contribution in [2.45, 2.75) is 30.1 Å². The Hall–Kier alpha value is -2.97. The highest BCUT2D eigenvalue weighted by molar-refractivity contribution is 7.90. The molecule has 2 aromatic carbocycles. The summed E-state index contributed by atoms with van der Waals surface area (Å²) in [6, 6.07) is 16.4. The van der Waals surface area contributed by atoms with Gasteiger partial charge in [0.15, 0.2) is 0 Å². The molecule has 5 rings (SSSR count). The third-order valence-corrected chi connectivity index (χ3v) is 7.13. The molecule has 3 heterocycles. The van der Waals surface area contributed by atoms with E-state index in [9.17, 15) is 12.8 Å². The van der Waals surface area contributed by atoms with Crippen molar-refractivity contribution in [3.8, 4) is 0 Å². The monoisotopic (exact) mass is 410 g/mol. The van der Waals surface area contributed by atoms with Crippen LogP contribution in [0.5, 0.6) is 0 Å². The average molecular weight is 410 g/mol. The summed E-state index contributed by atoms with van der Waals surface area (Å²) in [4.78, 5) is 4.55. The molecule has 4 aromatic rings. The van der Waals surface area contributed by atoms with Gasteiger partial charge >= 0.3 is 0 Å². The van der Waals surface area contributed by atoms with Crippen molar-refractivity contribution < 1.29 is 12.8 Å². The van der Waals surface area contributed by atoms with Crippen LogP contribution in [-0.4, -0.2) is 28.1 Å². The third-order valence-electron chi connectivity index (χ3n) is 5.38. The number of fused-ring (bicyclic) bond motifs is 2. The lowest BCUT2D eigenvalue weighted by molar-refractivity contribution is 0.328. The molecule has 1 aliphatic rings. The van der Waals surface area contributed by atoms with Gasteiger partial charge in [0.1, 0.15) is 6.17 Å². The van der Waals surface area contributed by atoms with Gasteiger partial charge in [-0.3, -0.25) is 0 Å². The van der Waals surface area contributed by atoms with Crippen LogP contribution >= 0.6 is 0 Å². The molecule has 1 aliphatic heterocycles. The Kier molecular flexibility index (Phi) is 4.07. The predicted octanol–water partition coefficient (Wildman–Crippen LogP) is 3.02. The summed E-state index contributed by atoms with van der Waals surface area (Å²) in [5.41, 5.74) is 8.71. The Morgan fingerprint density at radius 2 is 1.83 bits per heavy atom. The number of hydrogen-bond acceptors (Lipinski definition) is 4. The van der Waals surface area contributed by atoms with Gasteiger partial charge in [-0.2, -0.15) is 0 Å². The number of aromatic nitrogens is 3. The number of alkyl halides is 1. The van der Waals surface area contributed by atoms with E-state index in [1.54, 1.807) is 59.4 Å². The molecule has 0 radical (unpaired) electrons. The van der Waals surface area contributed by atoms with Crippen molar-refractivity contribution in [3.05, 3.63) is 84.1 Å². The molecule has 2 atom stereocenters. The first-order valence-corrected chi connectivity index (χ1v) is 10.8. The lowest BCUT2D eigenvalue weighted by Gasteiger charge is -2.16. The first-order valence-electron chi connectivity index (χ1n) is 9.31. The summed E-state index contributed by atoms with van der Waals surface area (Å²) in [5, 5.41) is 0.761. The lowest BCUT2D eigenvalue weighted by Crippen LogP contribution is -2.23. The molecule has 0 fully saturated rings. The van der Waals surface area contributed by atoms with Gasteiger partial charge in [0, 0.05) is 17.5 Å². The summed E-state index contributed by atoms with van der Waals surface area (Å²) < 4.78 is 43.9. The van der Waals surface area contributed by atoms with Gasteiger partial charge in [0.05, 0.1) is 40.7 Å². The van der Waals surface area contributed by atoms with Crippen molar-refractivity contribution >= 4 is 20.9 Å². The van der Waals surface area contributed by atoms with Crippen LogP contribution < -0.4 is 5.73 Å². The minimum Gasteiger partial charge on any atom is -0.331 e. The Morgan fingerprint density at radius 1 is 1.10 bits per heavy atom. The van der Waals surface area contributed by atoms with E-state index in [1.165, 1.54) is 3.97 Å². The van der Waals surface area contributed by atoms with Crippen LogP contribution in [0.4, 0.5) is 4.39 Å². The maximum atomic E-state index is 13.9. The SMILES string of the molecule is N[C@H](c1ncn2c1C[C@@H](F)C2)c1cc2ccccc2n1S(=O)(=O)c1ccccc1. The van der Waals surface area contributed by atoms with Crippen LogP contribution in [0.25, 0.3) is 10.9 Å². The number of rotatable bonds is 4. The van der Waals surface area contributed by atoms with Crippen molar-refractivity contribution in [3.63, 3.8) is 0 Å². The Morgan fingerprint density at radius 3 is 2.62 bits per heavy atom. The zero-order valence-corrected chi connectivity index (χ0v) is 16.3. The molecule has 29 heavy (non-hydrogen) atoms. The van der Waals surface area contributed by atoms with Crippen molar-refractivity contribution in [2.24, 2.45) is 5.73 Å². The molecule has 0 bridgehead atoms. The number of para-hydroxylation sites is 1. The summed E-state index contributed by atoms with van der Waals surface area (Å²) in [6.45, 7) is 0.250. The van der Waals surface area contributed by atoms with E-state index in [0.29, 0.717) is 16.9 Å². The normalized spacial score (nSPS) is 17.5. The smallest absolute Gasteiger partial charge is 0.268 e. The Bertz CT molecular complexity index is 1310. The maximum Gasteiger partial charge on any atom is 0.268 e. The molecular weight excluding hydrogens is 391 g/mol. The average Bonchev–Trinajstić information content (AvgIpc) is 3.39. The van der Waals surface area contributed by atoms with Crippen LogP contribution in [0.1, 0.15) is 23.1 Å². The molecular formula is C21H19FN4O2S. The quantitative estimate of drug-likeness (QED) is 0.561. The molecule has 0 amide bonds. The predicted molar refractivity (Wildman–Crippen MR) is 108 cm³/mol. The highest BCUT2D eigenvalue weighted by Gasteiger charge is 2.31. The highest BCUT2D eigenvalue weighted by atomic mass is 32.2. The summed E-state index contributed by atoms with van der Waals surface area (Å²) in [7, 11) is -3.89. The lowest BCUT2D eigenvalue weighted by atomic mass is 10.1. The molecule has 6 nitrogen and oxygen atoms in total. The fourth-order valence-corrected chi connectivity index (χ4v) is 5.60. The minimum absolute atomic E-state index is 0.175. The number of halogens is 1. The van der Waals surface area contributed by atoms with E-state index in [-0.39, 0.29) is 17.9 Å². The van der Waals surface area contributed by atoms with Crippen LogP contribution in [0.15, 0.2) is 71.9 Å². The second kappa shape index (κ2) is 6.53. The van der Waals surface area contributed by atoms with E-state index in [2.05, 4.69) is 4.98 Å². The van der Waals surface area contributed by atoms with Crippen LogP contribution in [0, 0.1) is 0 Å². The Balaban J connectivity index is 1.73. The van der Waals surface area contributed by atoms with E-state index in [0.717, 1.165) is 11.1 Å². The van der Waals surface area contributed by atoms with Crippen molar-refractivity contribution in [1.29, 1.82) is 0 Å². The van der Waals surface area contributed by atoms with Gasteiger partial charge in [-0.05, 0) is 24.3 Å². The first kappa shape index (κ1) is 18.1. The van der Waals surface area contributed by atoms with E-state index < -0.39 is 22.2 Å². The number of benzene rings is 2. The number of hydrogen-bond donors (Lipinski definition) is 1. The van der Waals surface area contributed by atoms with Gasteiger partial charge in [0.2, 0.25) is 0 Å². The van der Waals surface area contributed by atoms with Gasteiger partial charge in [0.25, 0.3) is 10.0 Å². The summed E-state index contributed by atoms with van der Waals surface area (Å²) in [6.07, 6.45) is 0.829. The summed E-state index contributed by atoms with van der Waals surface area (Å²) >= 11 is 0. The zero-order valence-electron chi connectivity index (χ0n) is 15.4. The summed E-state index contributed by atoms with van der Waals surface area (Å²) in [5.74, 6) is 0. The molecule has 2 N–H and O–H groups in total. The van der Waals surface area contributed by atoms with Gasteiger partial charge in [-0.15, -0.1) is 0 Å². The number of imidazole rings is 1. The highest BCUT2D eigenvalue weighted by Crippen LogP contribution is 2.33. The second-order valence-electron chi connectivity index (χ2n) is 7.22. The van der Waals surface area contributed by atoms with Crippen LogP contribution in [0.2, 0.25) is 0 Å². The molecule has 0 saturated heterocycles. The van der Waals surface area contributed by atoms with Crippen LogP contribution in [-0.2, 0) is 23.0 Å². The van der Waals surface area contributed by atoms with E-state index in [4.69, 9.17) is 5.73 Å².